The predicted octanol–water partition coefficient (Wildman–Crippen LogP) is 1.92. The van der Waals surface area contributed by atoms with Crippen LogP contribution in [0.4, 0.5) is 0 Å². The summed E-state index contributed by atoms with van der Waals surface area (Å²) < 4.78 is 5.28. The van der Waals surface area contributed by atoms with Crippen molar-refractivity contribution >= 4 is 17.2 Å². The lowest BCUT2D eigenvalue weighted by atomic mass is 10.2. The lowest BCUT2D eigenvalue weighted by Crippen LogP contribution is -2.48. The average molecular weight is 335 g/mol. The number of rotatable bonds is 4. The van der Waals surface area contributed by atoms with Crippen LogP contribution >= 0.6 is 11.3 Å². The number of carbonyl (C=O) groups is 1. The van der Waals surface area contributed by atoms with Gasteiger partial charge in [0.15, 0.2) is 5.82 Å². The second-order valence-electron chi connectivity index (χ2n) is 6.02. The molecule has 0 radical (unpaired) electrons. The number of hydrogen-bond donors (Lipinski definition) is 0. The molecule has 124 valence electrons. The van der Waals surface area contributed by atoms with E-state index in [9.17, 15) is 4.79 Å². The van der Waals surface area contributed by atoms with Gasteiger partial charge < -0.3 is 9.42 Å². The predicted molar refractivity (Wildman–Crippen MR) is 86.4 cm³/mol. The molecule has 0 atom stereocenters. The van der Waals surface area contributed by atoms with Crippen LogP contribution in [-0.4, -0.2) is 57.0 Å². The van der Waals surface area contributed by atoms with Crippen molar-refractivity contribution in [3.8, 4) is 0 Å². The number of hydrogen-bond acceptors (Lipinski definition) is 7. The highest BCUT2D eigenvalue weighted by Gasteiger charge is 2.24. The van der Waals surface area contributed by atoms with E-state index in [1.165, 1.54) is 11.3 Å². The molecule has 1 amide bonds. The molecule has 1 fully saturated rings. The van der Waals surface area contributed by atoms with Gasteiger partial charge >= 0.3 is 0 Å². The fraction of sp³-hybridized carbons (Fsp3) is 0.600. The van der Waals surface area contributed by atoms with Crippen LogP contribution in [0.1, 0.15) is 47.0 Å². The van der Waals surface area contributed by atoms with E-state index < -0.39 is 0 Å². The molecule has 3 heterocycles. The van der Waals surface area contributed by atoms with E-state index in [4.69, 9.17) is 4.52 Å². The van der Waals surface area contributed by atoms with Crippen molar-refractivity contribution in [1.29, 1.82) is 0 Å². The zero-order valence-corrected chi connectivity index (χ0v) is 14.5. The van der Waals surface area contributed by atoms with Crippen LogP contribution in [0.3, 0.4) is 0 Å². The standard InChI is InChI=1S/C15H21N5O2S/c1-10(2)14-17-13(22-18-14)8-19-4-6-20(7-5-19)15(21)12-9-23-11(3)16-12/h9-10H,4-8H2,1-3H3. The summed E-state index contributed by atoms with van der Waals surface area (Å²) in [5.74, 6) is 1.67. The largest absolute Gasteiger partial charge is 0.338 e. The van der Waals surface area contributed by atoms with Crippen LogP contribution in [0.2, 0.25) is 0 Å². The van der Waals surface area contributed by atoms with Gasteiger partial charge in [0.2, 0.25) is 5.89 Å². The highest BCUT2D eigenvalue weighted by Crippen LogP contribution is 2.15. The van der Waals surface area contributed by atoms with Gasteiger partial charge in [-0.05, 0) is 6.92 Å². The monoisotopic (exact) mass is 335 g/mol. The summed E-state index contributed by atoms with van der Waals surface area (Å²) in [6, 6.07) is 0. The minimum absolute atomic E-state index is 0.0221. The lowest BCUT2D eigenvalue weighted by Gasteiger charge is -2.33. The SMILES string of the molecule is Cc1nc(C(=O)N2CCN(Cc3nc(C(C)C)no3)CC2)cs1. The summed E-state index contributed by atoms with van der Waals surface area (Å²) in [7, 11) is 0. The Bertz CT molecular complexity index is 673. The Hall–Kier alpha value is -1.80. The molecule has 0 bridgehead atoms. The molecule has 0 N–H and O–H groups in total. The topological polar surface area (TPSA) is 75.4 Å². The minimum Gasteiger partial charge on any atom is -0.338 e. The maximum atomic E-state index is 12.4. The second-order valence-corrected chi connectivity index (χ2v) is 7.08. The summed E-state index contributed by atoms with van der Waals surface area (Å²) in [6.45, 7) is 9.62. The molecule has 8 heteroatoms. The van der Waals surface area contributed by atoms with Crippen LogP contribution in [-0.2, 0) is 6.54 Å². The van der Waals surface area contributed by atoms with Crippen LogP contribution in [0.15, 0.2) is 9.90 Å². The number of amides is 1. The van der Waals surface area contributed by atoms with Crippen molar-refractivity contribution in [2.75, 3.05) is 26.2 Å². The Morgan fingerprint density at radius 3 is 2.61 bits per heavy atom. The Labute approximate surface area is 139 Å². The Morgan fingerprint density at radius 2 is 2.04 bits per heavy atom. The van der Waals surface area contributed by atoms with E-state index >= 15 is 0 Å². The van der Waals surface area contributed by atoms with Gasteiger partial charge in [-0.1, -0.05) is 19.0 Å². The van der Waals surface area contributed by atoms with Crippen LogP contribution in [0.25, 0.3) is 0 Å². The van der Waals surface area contributed by atoms with Gasteiger partial charge in [0.25, 0.3) is 5.91 Å². The zero-order chi connectivity index (χ0) is 16.4. The van der Waals surface area contributed by atoms with Crippen molar-refractivity contribution in [2.24, 2.45) is 0 Å². The van der Waals surface area contributed by atoms with Gasteiger partial charge in [0.05, 0.1) is 11.6 Å². The fourth-order valence-corrected chi connectivity index (χ4v) is 3.08. The van der Waals surface area contributed by atoms with E-state index in [-0.39, 0.29) is 11.8 Å². The van der Waals surface area contributed by atoms with E-state index in [1.54, 1.807) is 0 Å². The van der Waals surface area contributed by atoms with Gasteiger partial charge in [0, 0.05) is 37.5 Å². The minimum atomic E-state index is 0.0221. The van der Waals surface area contributed by atoms with Gasteiger partial charge in [0.1, 0.15) is 5.69 Å². The van der Waals surface area contributed by atoms with E-state index in [0.29, 0.717) is 31.2 Å². The number of nitrogens with zero attached hydrogens (tertiary/aromatic N) is 5. The molecule has 2 aromatic heterocycles. The highest BCUT2D eigenvalue weighted by atomic mass is 32.1. The molecule has 7 nitrogen and oxygen atoms in total. The quantitative estimate of drug-likeness (QED) is 0.850. The fourth-order valence-electron chi connectivity index (χ4n) is 2.49. The third-order valence-corrected chi connectivity index (χ3v) is 4.63. The number of aromatic nitrogens is 3. The van der Waals surface area contributed by atoms with Crippen molar-refractivity contribution in [3.63, 3.8) is 0 Å². The third-order valence-electron chi connectivity index (χ3n) is 3.86. The summed E-state index contributed by atoms with van der Waals surface area (Å²) in [5.41, 5.74) is 0.555. The summed E-state index contributed by atoms with van der Waals surface area (Å²) in [6.07, 6.45) is 0. The van der Waals surface area contributed by atoms with Crippen molar-refractivity contribution in [1.82, 2.24) is 24.9 Å². The van der Waals surface area contributed by atoms with Crippen molar-refractivity contribution in [3.05, 3.63) is 27.8 Å². The summed E-state index contributed by atoms with van der Waals surface area (Å²) in [4.78, 5) is 25.1. The summed E-state index contributed by atoms with van der Waals surface area (Å²) in [5, 5.41) is 6.73. The number of thiazole rings is 1. The zero-order valence-electron chi connectivity index (χ0n) is 13.7. The maximum Gasteiger partial charge on any atom is 0.273 e. The molecule has 23 heavy (non-hydrogen) atoms. The van der Waals surface area contributed by atoms with Crippen LogP contribution < -0.4 is 0 Å². The molecule has 2 aromatic rings. The first-order valence-electron chi connectivity index (χ1n) is 7.79. The molecular weight excluding hydrogens is 314 g/mol. The van der Waals surface area contributed by atoms with Gasteiger partial charge in [-0.2, -0.15) is 4.98 Å². The van der Waals surface area contributed by atoms with E-state index in [1.807, 2.05) is 31.1 Å². The molecule has 1 saturated heterocycles. The Kier molecular flexibility index (Phi) is 4.72. The molecule has 3 rings (SSSR count). The summed E-state index contributed by atoms with van der Waals surface area (Å²) >= 11 is 1.51. The maximum absolute atomic E-state index is 12.4. The second kappa shape index (κ2) is 6.76. The molecule has 0 unspecified atom stereocenters. The number of piperazine rings is 1. The number of carbonyl (C=O) groups excluding carboxylic acids is 1. The first-order chi connectivity index (χ1) is 11.0. The van der Waals surface area contributed by atoms with E-state index in [2.05, 4.69) is 20.0 Å². The lowest BCUT2D eigenvalue weighted by molar-refractivity contribution is 0.0610. The van der Waals surface area contributed by atoms with Crippen molar-refractivity contribution in [2.45, 2.75) is 33.2 Å². The first-order valence-corrected chi connectivity index (χ1v) is 8.67. The number of aryl methyl sites for hydroxylation is 1. The van der Waals surface area contributed by atoms with Gasteiger partial charge in [-0.15, -0.1) is 11.3 Å². The normalized spacial score (nSPS) is 16.3. The Morgan fingerprint density at radius 1 is 1.30 bits per heavy atom. The smallest absolute Gasteiger partial charge is 0.273 e. The molecule has 1 aliphatic heterocycles. The van der Waals surface area contributed by atoms with Crippen LogP contribution in [0, 0.1) is 6.92 Å². The highest BCUT2D eigenvalue weighted by molar-refractivity contribution is 7.09. The Balaban J connectivity index is 1.52. The van der Waals surface area contributed by atoms with E-state index in [0.717, 1.165) is 23.9 Å². The molecule has 0 spiro atoms. The molecule has 0 saturated carbocycles. The van der Waals surface area contributed by atoms with Gasteiger partial charge in [-0.25, -0.2) is 4.98 Å². The third kappa shape index (κ3) is 3.76. The first kappa shape index (κ1) is 16.1. The molecule has 0 aliphatic carbocycles. The van der Waals surface area contributed by atoms with Gasteiger partial charge in [-0.3, -0.25) is 9.69 Å². The molecular formula is C15H21N5O2S. The molecule has 1 aliphatic rings. The van der Waals surface area contributed by atoms with Crippen molar-refractivity contribution < 1.29 is 9.32 Å². The molecule has 0 aromatic carbocycles. The average Bonchev–Trinajstić information content (AvgIpc) is 3.16. The van der Waals surface area contributed by atoms with Crippen LogP contribution in [0.5, 0.6) is 0 Å².